The molecule has 5 rings (SSSR count). The molecule has 29 heavy (non-hydrogen) atoms. The van der Waals surface area contributed by atoms with Crippen LogP contribution in [0.15, 0.2) is 41.8 Å². The van der Waals surface area contributed by atoms with Crippen LogP contribution in [0.2, 0.25) is 0 Å². The summed E-state index contributed by atoms with van der Waals surface area (Å²) in [6, 6.07) is 12.0. The van der Waals surface area contributed by atoms with Gasteiger partial charge in [-0.15, -0.1) is 11.3 Å². The summed E-state index contributed by atoms with van der Waals surface area (Å²) in [6.45, 7) is 2.31. The second kappa shape index (κ2) is 7.08. The zero-order chi connectivity index (χ0) is 20.0. The van der Waals surface area contributed by atoms with Crippen LogP contribution >= 0.6 is 11.3 Å². The highest BCUT2D eigenvalue weighted by molar-refractivity contribution is 7.13. The van der Waals surface area contributed by atoms with Crippen molar-refractivity contribution in [1.82, 2.24) is 25.1 Å². The van der Waals surface area contributed by atoms with E-state index in [0.29, 0.717) is 18.0 Å². The van der Waals surface area contributed by atoms with Crippen molar-refractivity contribution in [2.75, 3.05) is 0 Å². The lowest BCUT2D eigenvalue weighted by Crippen LogP contribution is -2.23. The molecule has 0 aliphatic heterocycles. The van der Waals surface area contributed by atoms with Crippen molar-refractivity contribution < 1.29 is 4.79 Å². The SMILES string of the molecule is Cc1nn(C)c2nc(C3CC3)cc(C(=O)NCc3csc(-c4ccccc4)n3)c12. The molecule has 0 atom stereocenters. The fourth-order valence-corrected chi connectivity index (χ4v) is 4.42. The number of pyridine rings is 1. The number of hydrogen-bond acceptors (Lipinski definition) is 5. The first-order valence-electron chi connectivity index (χ1n) is 9.72. The summed E-state index contributed by atoms with van der Waals surface area (Å²) in [5, 5.41) is 11.3. The lowest BCUT2D eigenvalue weighted by Gasteiger charge is -2.08. The highest BCUT2D eigenvalue weighted by Crippen LogP contribution is 2.40. The molecule has 6 nitrogen and oxygen atoms in total. The van der Waals surface area contributed by atoms with E-state index in [1.807, 2.05) is 55.7 Å². The number of aryl methyl sites for hydroxylation is 2. The van der Waals surface area contributed by atoms with Gasteiger partial charge >= 0.3 is 0 Å². The van der Waals surface area contributed by atoms with Crippen molar-refractivity contribution in [2.24, 2.45) is 7.05 Å². The minimum atomic E-state index is -0.107. The van der Waals surface area contributed by atoms with Gasteiger partial charge in [0.1, 0.15) is 5.01 Å². The van der Waals surface area contributed by atoms with Crippen LogP contribution in [0.25, 0.3) is 21.6 Å². The molecule has 0 unspecified atom stereocenters. The van der Waals surface area contributed by atoms with Crippen molar-refractivity contribution >= 4 is 28.3 Å². The van der Waals surface area contributed by atoms with E-state index in [-0.39, 0.29) is 5.91 Å². The number of carbonyl (C=O) groups excluding carboxylic acids is 1. The van der Waals surface area contributed by atoms with Gasteiger partial charge in [-0.25, -0.2) is 9.97 Å². The number of benzene rings is 1. The van der Waals surface area contributed by atoms with Gasteiger partial charge in [-0.1, -0.05) is 30.3 Å². The van der Waals surface area contributed by atoms with Crippen LogP contribution in [0.4, 0.5) is 0 Å². The van der Waals surface area contributed by atoms with E-state index in [1.54, 1.807) is 16.0 Å². The molecule has 0 bridgehead atoms. The number of carbonyl (C=O) groups is 1. The highest BCUT2D eigenvalue weighted by atomic mass is 32.1. The van der Waals surface area contributed by atoms with Crippen LogP contribution in [-0.2, 0) is 13.6 Å². The summed E-state index contributed by atoms with van der Waals surface area (Å²) in [6.07, 6.45) is 2.27. The topological polar surface area (TPSA) is 72.7 Å². The molecular formula is C22H21N5OS. The molecule has 1 aliphatic rings. The van der Waals surface area contributed by atoms with E-state index in [1.165, 1.54) is 0 Å². The molecule has 0 radical (unpaired) electrons. The van der Waals surface area contributed by atoms with Gasteiger partial charge in [-0.3, -0.25) is 9.48 Å². The molecule has 0 spiro atoms. The van der Waals surface area contributed by atoms with Crippen LogP contribution in [-0.4, -0.2) is 25.7 Å². The van der Waals surface area contributed by atoms with Crippen LogP contribution in [0.3, 0.4) is 0 Å². The van der Waals surface area contributed by atoms with Crippen molar-refractivity contribution in [2.45, 2.75) is 32.2 Å². The molecule has 1 aromatic carbocycles. The molecular weight excluding hydrogens is 382 g/mol. The van der Waals surface area contributed by atoms with Gasteiger partial charge in [0.15, 0.2) is 5.65 Å². The van der Waals surface area contributed by atoms with Gasteiger partial charge in [0, 0.05) is 29.6 Å². The number of hydrogen-bond donors (Lipinski definition) is 1. The summed E-state index contributed by atoms with van der Waals surface area (Å²) in [5.74, 6) is 0.359. The molecule has 1 fully saturated rings. The van der Waals surface area contributed by atoms with Gasteiger partial charge in [0.05, 0.1) is 28.9 Å². The van der Waals surface area contributed by atoms with E-state index in [4.69, 9.17) is 4.98 Å². The Hall–Kier alpha value is -3.06. The molecule has 7 heteroatoms. The minimum absolute atomic E-state index is 0.107. The maximum absolute atomic E-state index is 13.1. The number of rotatable bonds is 5. The predicted octanol–water partition coefficient (Wildman–Crippen LogP) is 4.21. The number of nitrogens with zero attached hydrogens (tertiary/aromatic N) is 4. The fraction of sp³-hybridized carbons (Fsp3) is 0.273. The fourth-order valence-electron chi connectivity index (χ4n) is 3.60. The summed E-state index contributed by atoms with van der Waals surface area (Å²) in [5.41, 5.74) is 5.19. The molecule has 1 aliphatic carbocycles. The van der Waals surface area contributed by atoms with Gasteiger partial charge in [0.25, 0.3) is 5.91 Å². The first-order valence-corrected chi connectivity index (χ1v) is 10.6. The van der Waals surface area contributed by atoms with E-state index >= 15 is 0 Å². The van der Waals surface area contributed by atoms with E-state index in [0.717, 1.165) is 51.5 Å². The summed E-state index contributed by atoms with van der Waals surface area (Å²) in [4.78, 5) is 22.5. The summed E-state index contributed by atoms with van der Waals surface area (Å²) in [7, 11) is 1.88. The molecule has 3 heterocycles. The first-order chi connectivity index (χ1) is 14.1. The Balaban J connectivity index is 1.40. The minimum Gasteiger partial charge on any atom is -0.346 e. The standard InChI is InChI=1S/C22H21N5OS/c1-13-19-17(10-18(14-8-9-14)25-20(19)27(2)26-13)21(28)23-11-16-12-29-22(24-16)15-6-4-3-5-7-15/h3-7,10,12,14H,8-9,11H2,1-2H3,(H,23,28). The highest BCUT2D eigenvalue weighted by Gasteiger charge is 2.28. The summed E-state index contributed by atoms with van der Waals surface area (Å²) >= 11 is 1.59. The maximum atomic E-state index is 13.1. The second-order valence-corrected chi connectivity index (χ2v) is 8.33. The Morgan fingerprint density at radius 3 is 2.79 bits per heavy atom. The molecule has 4 aromatic rings. The zero-order valence-corrected chi connectivity index (χ0v) is 17.2. The second-order valence-electron chi connectivity index (χ2n) is 7.47. The Labute approximate surface area is 172 Å². The van der Waals surface area contributed by atoms with Crippen LogP contribution < -0.4 is 5.32 Å². The average Bonchev–Trinajstić information content (AvgIpc) is 3.41. The quantitative estimate of drug-likeness (QED) is 0.542. The van der Waals surface area contributed by atoms with Crippen LogP contribution in [0, 0.1) is 6.92 Å². The number of nitrogens with one attached hydrogen (secondary N) is 1. The number of fused-ring (bicyclic) bond motifs is 1. The molecule has 1 N–H and O–H groups in total. The van der Waals surface area contributed by atoms with E-state index in [2.05, 4.69) is 15.4 Å². The van der Waals surface area contributed by atoms with Crippen LogP contribution in [0.1, 0.15) is 46.2 Å². The molecule has 3 aromatic heterocycles. The van der Waals surface area contributed by atoms with Gasteiger partial charge in [-0.05, 0) is 25.8 Å². The van der Waals surface area contributed by atoms with Gasteiger partial charge in [-0.2, -0.15) is 5.10 Å². The lowest BCUT2D eigenvalue weighted by atomic mass is 10.1. The number of aromatic nitrogens is 4. The van der Waals surface area contributed by atoms with E-state index < -0.39 is 0 Å². The Bertz CT molecular complexity index is 1210. The molecule has 1 amide bonds. The summed E-state index contributed by atoms with van der Waals surface area (Å²) < 4.78 is 1.76. The normalized spacial score (nSPS) is 13.7. The predicted molar refractivity (Wildman–Crippen MR) is 114 cm³/mol. The van der Waals surface area contributed by atoms with Gasteiger partial charge in [0.2, 0.25) is 0 Å². The smallest absolute Gasteiger partial charge is 0.252 e. The molecule has 1 saturated carbocycles. The van der Waals surface area contributed by atoms with Crippen molar-refractivity contribution in [3.05, 3.63) is 64.4 Å². The zero-order valence-electron chi connectivity index (χ0n) is 16.3. The Kier molecular flexibility index (Phi) is 4.39. The Morgan fingerprint density at radius 2 is 2.03 bits per heavy atom. The monoisotopic (exact) mass is 403 g/mol. The van der Waals surface area contributed by atoms with E-state index in [9.17, 15) is 4.79 Å². The largest absolute Gasteiger partial charge is 0.346 e. The van der Waals surface area contributed by atoms with Crippen LogP contribution in [0.5, 0.6) is 0 Å². The average molecular weight is 404 g/mol. The third kappa shape index (κ3) is 3.42. The third-order valence-corrected chi connectivity index (χ3v) is 6.17. The molecule has 0 saturated heterocycles. The number of thiazole rings is 1. The lowest BCUT2D eigenvalue weighted by molar-refractivity contribution is 0.0952. The van der Waals surface area contributed by atoms with Crippen molar-refractivity contribution in [3.8, 4) is 10.6 Å². The molecule has 146 valence electrons. The third-order valence-electron chi connectivity index (χ3n) is 5.23. The Morgan fingerprint density at radius 1 is 1.24 bits per heavy atom. The van der Waals surface area contributed by atoms with Crippen molar-refractivity contribution in [3.63, 3.8) is 0 Å². The first kappa shape index (κ1) is 18.0. The maximum Gasteiger partial charge on any atom is 0.252 e. The number of amides is 1. The van der Waals surface area contributed by atoms with Gasteiger partial charge < -0.3 is 5.32 Å². The van der Waals surface area contributed by atoms with Crippen molar-refractivity contribution in [1.29, 1.82) is 0 Å².